The number of ether oxygens (including phenoxy) is 2. The summed E-state index contributed by atoms with van der Waals surface area (Å²) in [5.74, 6) is -1.20. The Balaban J connectivity index is 1.40. The molecule has 0 spiro atoms. The largest absolute Gasteiger partial charge is 0.494 e. The van der Waals surface area contributed by atoms with E-state index in [-0.39, 0.29) is 30.5 Å². The van der Waals surface area contributed by atoms with Gasteiger partial charge in [0.2, 0.25) is 0 Å². The molecule has 4 rings (SSSR count). The highest BCUT2D eigenvalue weighted by atomic mass is 16.5. The standard InChI is InChI=1S/C28H38NO4/c1-3-4-16-32-25-14-10-21(11-15-25)19-29(2)23-12-13-24(29)18-26(17-23)33-28(31)27(20-30)22-8-6-5-7-9-22/h5-11,14-15,23-24,26-27,30H,3-4,12-13,16-20H2,1-2H3/q+1/t23?,24?,26?,27-,29?/m1/s1/i1D3,3D2,4D2,16D2. The van der Waals surface area contributed by atoms with Crippen molar-refractivity contribution in [3.8, 4) is 5.75 Å². The number of aliphatic hydroxyl groups is 1. The Morgan fingerprint density at radius 2 is 1.85 bits per heavy atom. The first-order valence-corrected chi connectivity index (χ1v) is 11.4. The molecule has 178 valence electrons. The highest BCUT2D eigenvalue weighted by Gasteiger charge is 2.52. The van der Waals surface area contributed by atoms with Gasteiger partial charge in [0.1, 0.15) is 24.3 Å². The SMILES string of the molecule is [2H]C([2H])([2H])C([2H])([2H])C([2H])([2H])C([2H])([2H])Oc1ccc(C[N+]2(C)C3CCC2CC(OC(=O)[C@H](CO)c2ccccc2)C3)cc1. The summed E-state index contributed by atoms with van der Waals surface area (Å²) < 4.78 is 81.2. The maximum Gasteiger partial charge on any atom is 0.316 e. The lowest BCUT2D eigenvalue weighted by Gasteiger charge is -2.47. The number of fused-ring (bicyclic) bond motifs is 2. The van der Waals surface area contributed by atoms with Crippen molar-refractivity contribution in [2.24, 2.45) is 0 Å². The minimum absolute atomic E-state index is 0.0536. The number of carbonyl (C=O) groups is 1. The minimum Gasteiger partial charge on any atom is -0.494 e. The molecule has 0 aliphatic carbocycles. The number of benzene rings is 2. The molecule has 0 amide bonds. The second-order valence-corrected chi connectivity index (χ2v) is 9.16. The van der Waals surface area contributed by atoms with Gasteiger partial charge in [-0.2, -0.15) is 0 Å². The third kappa shape index (κ3) is 5.42. The molecule has 0 aromatic heterocycles. The maximum atomic E-state index is 12.9. The van der Waals surface area contributed by atoms with Crippen molar-refractivity contribution >= 4 is 5.97 Å². The van der Waals surface area contributed by atoms with Gasteiger partial charge < -0.3 is 19.1 Å². The third-order valence-electron chi connectivity index (χ3n) is 7.25. The van der Waals surface area contributed by atoms with Crippen molar-refractivity contribution in [3.05, 3.63) is 65.7 Å². The van der Waals surface area contributed by atoms with E-state index in [1.807, 2.05) is 18.2 Å². The average Bonchev–Trinajstić information content (AvgIpc) is 3.05. The summed E-state index contributed by atoms with van der Waals surface area (Å²) in [4.78, 5) is 12.9. The molecule has 2 aromatic carbocycles. The van der Waals surface area contributed by atoms with Crippen LogP contribution in [0.2, 0.25) is 0 Å². The second kappa shape index (κ2) is 10.7. The van der Waals surface area contributed by atoms with Gasteiger partial charge in [0, 0.05) is 40.8 Å². The van der Waals surface area contributed by atoms with E-state index in [2.05, 4.69) is 7.05 Å². The fourth-order valence-corrected chi connectivity index (χ4v) is 5.46. The van der Waals surface area contributed by atoms with Crippen LogP contribution < -0.4 is 4.74 Å². The first kappa shape index (κ1) is 14.8. The lowest BCUT2D eigenvalue weighted by atomic mass is 9.95. The Hall–Kier alpha value is -2.37. The Morgan fingerprint density at radius 3 is 2.48 bits per heavy atom. The fourth-order valence-electron chi connectivity index (χ4n) is 5.46. The molecule has 0 saturated carbocycles. The smallest absolute Gasteiger partial charge is 0.316 e. The van der Waals surface area contributed by atoms with E-state index in [0.29, 0.717) is 19.4 Å². The first-order valence-electron chi connectivity index (χ1n) is 15.9. The van der Waals surface area contributed by atoms with Crippen molar-refractivity contribution in [3.63, 3.8) is 0 Å². The van der Waals surface area contributed by atoms with E-state index in [1.165, 1.54) is 12.1 Å². The summed E-state index contributed by atoms with van der Waals surface area (Å²) in [5, 5.41) is 9.84. The summed E-state index contributed by atoms with van der Waals surface area (Å²) in [6.45, 7) is -6.33. The molecule has 5 heteroatoms. The van der Waals surface area contributed by atoms with Crippen LogP contribution >= 0.6 is 0 Å². The van der Waals surface area contributed by atoms with Crippen molar-refractivity contribution < 1.29 is 36.2 Å². The lowest BCUT2D eigenvalue weighted by molar-refractivity contribution is -0.961. The van der Waals surface area contributed by atoms with Crippen molar-refractivity contribution in [2.75, 3.05) is 20.2 Å². The molecular weight excluding hydrogens is 414 g/mol. The monoisotopic (exact) mass is 461 g/mol. The number of nitrogens with zero attached hydrogens (tertiary/aromatic N) is 1. The van der Waals surface area contributed by atoms with Crippen LogP contribution in [0.15, 0.2) is 54.6 Å². The summed E-state index contributed by atoms with van der Waals surface area (Å²) >= 11 is 0. The molecule has 2 aromatic rings. The van der Waals surface area contributed by atoms with Crippen LogP contribution in [0, 0.1) is 0 Å². The van der Waals surface area contributed by atoms with E-state index in [4.69, 9.17) is 21.8 Å². The van der Waals surface area contributed by atoms with Gasteiger partial charge in [-0.25, -0.2) is 0 Å². The topological polar surface area (TPSA) is 55.8 Å². The Bertz CT molecular complexity index is 1220. The van der Waals surface area contributed by atoms with Crippen LogP contribution in [0.3, 0.4) is 0 Å². The lowest BCUT2D eigenvalue weighted by Crippen LogP contribution is -2.58. The van der Waals surface area contributed by atoms with Crippen LogP contribution in [0.25, 0.3) is 0 Å². The molecule has 3 atom stereocenters. The third-order valence-corrected chi connectivity index (χ3v) is 7.25. The van der Waals surface area contributed by atoms with Crippen molar-refractivity contribution in [1.29, 1.82) is 0 Å². The zero-order valence-corrected chi connectivity index (χ0v) is 18.9. The van der Waals surface area contributed by atoms with Crippen LogP contribution in [-0.2, 0) is 16.1 Å². The summed E-state index contributed by atoms with van der Waals surface area (Å²) in [7, 11) is 2.18. The summed E-state index contributed by atoms with van der Waals surface area (Å²) in [6, 6.07) is 16.0. The molecule has 2 saturated heterocycles. The molecule has 2 fully saturated rings. The van der Waals surface area contributed by atoms with Crippen molar-refractivity contribution in [1.82, 2.24) is 0 Å². The summed E-state index contributed by atoms with van der Waals surface area (Å²) in [5.41, 5.74) is 1.65. The second-order valence-electron chi connectivity index (χ2n) is 9.16. The number of carbonyl (C=O) groups excluding carboxylic acids is 1. The average molecular weight is 462 g/mol. The Labute approximate surface area is 210 Å². The molecule has 2 unspecified atom stereocenters. The molecule has 33 heavy (non-hydrogen) atoms. The molecule has 1 N–H and O–H groups in total. The predicted molar refractivity (Wildman–Crippen MR) is 129 cm³/mol. The van der Waals surface area contributed by atoms with Gasteiger partial charge in [0.05, 0.1) is 35.0 Å². The molecule has 2 aliphatic rings. The zero-order chi connectivity index (χ0) is 31.1. The zero-order valence-electron chi connectivity index (χ0n) is 27.9. The molecular formula is C28H38NO4+. The number of esters is 1. The van der Waals surface area contributed by atoms with Gasteiger partial charge in [0.25, 0.3) is 0 Å². The van der Waals surface area contributed by atoms with Crippen LogP contribution in [0.4, 0.5) is 0 Å². The van der Waals surface area contributed by atoms with Crippen LogP contribution in [-0.4, -0.2) is 54.0 Å². The number of hydrogen-bond acceptors (Lipinski definition) is 4. The highest BCUT2D eigenvalue weighted by Crippen LogP contribution is 2.43. The quantitative estimate of drug-likeness (QED) is 0.407. The summed E-state index contributed by atoms with van der Waals surface area (Å²) in [6.07, 6.45) is -3.83. The van der Waals surface area contributed by atoms with Gasteiger partial charge in [-0.1, -0.05) is 43.6 Å². The van der Waals surface area contributed by atoms with Gasteiger partial charge >= 0.3 is 5.97 Å². The van der Waals surface area contributed by atoms with E-state index in [9.17, 15) is 9.90 Å². The van der Waals surface area contributed by atoms with E-state index in [0.717, 1.165) is 28.5 Å². The number of hydrogen-bond donors (Lipinski definition) is 1. The van der Waals surface area contributed by atoms with Crippen molar-refractivity contribution in [2.45, 2.75) is 75.9 Å². The van der Waals surface area contributed by atoms with Gasteiger partial charge in [0.15, 0.2) is 0 Å². The number of rotatable bonds is 10. The minimum atomic E-state index is -3.50. The number of quaternary nitrogens is 1. The van der Waals surface area contributed by atoms with Gasteiger partial charge in [-0.15, -0.1) is 0 Å². The van der Waals surface area contributed by atoms with Gasteiger partial charge in [-0.3, -0.25) is 4.79 Å². The van der Waals surface area contributed by atoms with Gasteiger partial charge in [-0.05, 0) is 36.2 Å². The first-order chi connectivity index (χ1) is 19.4. The number of piperidine rings is 1. The fraction of sp³-hybridized carbons (Fsp3) is 0.536. The molecule has 2 aliphatic heterocycles. The highest BCUT2D eigenvalue weighted by molar-refractivity contribution is 5.78. The van der Waals surface area contributed by atoms with Crippen LogP contribution in [0.1, 0.15) is 74.7 Å². The Kier molecular flexibility index (Phi) is 4.80. The Morgan fingerprint density at radius 1 is 1.15 bits per heavy atom. The molecule has 2 bridgehead atoms. The number of aliphatic hydroxyl groups excluding tert-OH is 1. The molecule has 5 nitrogen and oxygen atoms in total. The van der Waals surface area contributed by atoms with E-state index < -0.39 is 38.0 Å². The molecule has 2 heterocycles. The predicted octanol–water partition coefficient (Wildman–Crippen LogP) is 4.82. The van der Waals surface area contributed by atoms with E-state index in [1.54, 1.807) is 24.3 Å². The van der Waals surface area contributed by atoms with Crippen LogP contribution in [0.5, 0.6) is 5.75 Å². The van der Waals surface area contributed by atoms with E-state index >= 15 is 0 Å². The normalized spacial score (nSPS) is 32.9. The molecule has 0 radical (unpaired) electrons. The maximum absolute atomic E-state index is 12.9.